The van der Waals surface area contributed by atoms with Crippen LogP contribution in [0, 0.1) is 5.92 Å². The molecule has 3 heterocycles. The predicted octanol–water partition coefficient (Wildman–Crippen LogP) is 2.36. The number of rotatable bonds is 15. The molecule has 0 saturated carbocycles. The predicted molar refractivity (Wildman–Crippen MR) is 150 cm³/mol. The van der Waals surface area contributed by atoms with Gasteiger partial charge in [0.15, 0.2) is 0 Å². The Bertz CT molecular complexity index is 1310. The second-order valence-corrected chi connectivity index (χ2v) is 11.0. The molecule has 43 heavy (non-hydrogen) atoms. The van der Waals surface area contributed by atoms with Crippen LogP contribution in [0.4, 0.5) is 9.18 Å². The largest absolute Gasteiger partial charge is 0.481 e. The van der Waals surface area contributed by atoms with Crippen LogP contribution in [0.15, 0.2) is 30.5 Å². The molecule has 2 aliphatic heterocycles. The first-order valence-corrected chi connectivity index (χ1v) is 14.6. The number of carboxylic acids is 2. The minimum absolute atomic E-state index is 0.0673. The van der Waals surface area contributed by atoms with Gasteiger partial charge in [-0.25, -0.2) is 19.2 Å². The Hall–Kier alpha value is -4.36. The lowest BCUT2D eigenvalue weighted by molar-refractivity contribution is -0.148. The molecular formula is C29H37FN6O7. The molecule has 0 spiro atoms. The topological polar surface area (TPSA) is 175 Å². The summed E-state index contributed by atoms with van der Waals surface area (Å²) in [5.41, 5.74) is 2.69. The average molecular weight is 601 g/mol. The maximum absolute atomic E-state index is 12.9. The molecule has 2 atom stereocenters. The highest BCUT2D eigenvalue weighted by atomic mass is 19.1. The second-order valence-electron chi connectivity index (χ2n) is 11.0. The van der Waals surface area contributed by atoms with Gasteiger partial charge in [-0.1, -0.05) is 17.3 Å². The number of alkyl halides is 1. The van der Waals surface area contributed by atoms with Crippen LogP contribution in [0.3, 0.4) is 0 Å². The fourth-order valence-electron chi connectivity index (χ4n) is 5.58. The van der Waals surface area contributed by atoms with Gasteiger partial charge in [0.1, 0.15) is 12.1 Å². The lowest BCUT2D eigenvalue weighted by Gasteiger charge is -2.33. The first-order chi connectivity index (χ1) is 20.7. The van der Waals surface area contributed by atoms with Gasteiger partial charge in [0.25, 0.3) is 5.91 Å². The molecular weight excluding hydrogens is 563 g/mol. The SMILES string of the molecule is O=C(O)CCC(C(=O)O)N1C(=O)NC(CC2CCN(C(=O)CCCc3ccc(-n4cc(CCCF)nn4)cc3)CC2)C1=O. The minimum atomic E-state index is -1.54. The Morgan fingerprint density at radius 1 is 1.02 bits per heavy atom. The van der Waals surface area contributed by atoms with Crippen molar-refractivity contribution in [2.75, 3.05) is 19.8 Å². The van der Waals surface area contributed by atoms with E-state index < -0.39 is 42.4 Å². The molecule has 14 heteroatoms. The van der Waals surface area contributed by atoms with E-state index in [4.69, 9.17) is 5.11 Å². The summed E-state index contributed by atoms with van der Waals surface area (Å²) in [7, 11) is 0. The number of aliphatic carboxylic acids is 2. The van der Waals surface area contributed by atoms with Crippen LogP contribution < -0.4 is 5.32 Å². The van der Waals surface area contributed by atoms with Crippen LogP contribution in [-0.4, -0.2) is 96.6 Å². The van der Waals surface area contributed by atoms with Crippen LogP contribution in [0.25, 0.3) is 5.69 Å². The van der Waals surface area contributed by atoms with Gasteiger partial charge in [0.2, 0.25) is 5.91 Å². The standard InChI is InChI=1S/C29H37FN6O7/c30-14-2-4-21-18-35(33-32-21)22-8-6-19(7-9-22)3-1-5-25(37)34-15-12-20(13-16-34)17-23-27(40)36(29(43)31-23)24(28(41)42)10-11-26(38)39/h6-9,18,20,23-24H,1-5,10-17H2,(H,31,43)(H,38,39)(H,41,42). The zero-order chi connectivity index (χ0) is 30.9. The lowest BCUT2D eigenvalue weighted by atomic mass is 9.90. The average Bonchev–Trinajstić information content (AvgIpc) is 3.56. The summed E-state index contributed by atoms with van der Waals surface area (Å²) in [6.07, 6.45) is 5.41. The Morgan fingerprint density at radius 2 is 1.74 bits per heavy atom. The number of hydrogen-bond donors (Lipinski definition) is 3. The van der Waals surface area contributed by atoms with E-state index in [1.165, 1.54) is 0 Å². The first kappa shape index (κ1) is 31.6. The first-order valence-electron chi connectivity index (χ1n) is 14.6. The van der Waals surface area contributed by atoms with Gasteiger partial charge < -0.3 is 20.4 Å². The van der Waals surface area contributed by atoms with Gasteiger partial charge in [-0.05, 0) is 75.0 Å². The highest BCUT2D eigenvalue weighted by molar-refractivity contribution is 6.06. The van der Waals surface area contributed by atoms with Crippen molar-refractivity contribution in [2.24, 2.45) is 5.92 Å². The van der Waals surface area contributed by atoms with Gasteiger partial charge in [-0.3, -0.25) is 18.8 Å². The molecule has 1 aromatic heterocycles. The second kappa shape index (κ2) is 14.7. The third kappa shape index (κ3) is 8.36. The molecule has 2 aliphatic rings. The summed E-state index contributed by atoms with van der Waals surface area (Å²) >= 11 is 0. The maximum atomic E-state index is 12.9. The highest BCUT2D eigenvalue weighted by Crippen LogP contribution is 2.26. The number of carboxylic acid groups (broad SMARTS) is 2. The number of nitrogens with zero attached hydrogens (tertiary/aromatic N) is 5. The number of imide groups is 1. The molecule has 232 valence electrons. The molecule has 0 bridgehead atoms. The van der Waals surface area contributed by atoms with E-state index in [9.17, 15) is 33.5 Å². The van der Waals surface area contributed by atoms with Crippen molar-refractivity contribution < 1.29 is 38.6 Å². The number of benzene rings is 1. The summed E-state index contributed by atoms with van der Waals surface area (Å²) in [5, 5.41) is 29.0. The molecule has 2 aromatic rings. The number of likely N-dealkylation sites (tertiary alicyclic amines) is 1. The molecule has 2 unspecified atom stereocenters. The van der Waals surface area contributed by atoms with Crippen LogP contribution >= 0.6 is 0 Å². The van der Waals surface area contributed by atoms with Gasteiger partial charge >= 0.3 is 18.0 Å². The Kier molecular flexibility index (Phi) is 10.8. The highest BCUT2D eigenvalue weighted by Gasteiger charge is 2.45. The fourth-order valence-corrected chi connectivity index (χ4v) is 5.58. The lowest BCUT2D eigenvalue weighted by Crippen LogP contribution is -2.46. The van der Waals surface area contributed by atoms with Gasteiger partial charge in [0, 0.05) is 25.9 Å². The minimum Gasteiger partial charge on any atom is -0.481 e. The smallest absolute Gasteiger partial charge is 0.327 e. The van der Waals surface area contributed by atoms with Crippen molar-refractivity contribution in [1.29, 1.82) is 0 Å². The van der Waals surface area contributed by atoms with E-state index in [1.807, 2.05) is 29.2 Å². The van der Waals surface area contributed by atoms with Crippen LogP contribution in [0.2, 0.25) is 0 Å². The van der Waals surface area contributed by atoms with E-state index in [0.29, 0.717) is 62.9 Å². The monoisotopic (exact) mass is 600 g/mol. The van der Waals surface area contributed by atoms with Gasteiger partial charge in [-0.15, -0.1) is 5.10 Å². The van der Waals surface area contributed by atoms with Crippen molar-refractivity contribution in [2.45, 2.75) is 76.3 Å². The normalized spacial score (nSPS) is 18.1. The van der Waals surface area contributed by atoms with Gasteiger partial charge in [0.05, 0.1) is 24.3 Å². The molecule has 13 nitrogen and oxygen atoms in total. The number of amides is 4. The number of hydrogen-bond acceptors (Lipinski definition) is 7. The molecule has 4 amide bonds. The number of carbonyl (C=O) groups excluding carboxylic acids is 3. The van der Waals surface area contributed by atoms with E-state index in [2.05, 4.69) is 15.6 Å². The molecule has 4 rings (SSSR count). The van der Waals surface area contributed by atoms with Crippen molar-refractivity contribution in [3.63, 3.8) is 0 Å². The van der Waals surface area contributed by atoms with Crippen molar-refractivity contribution >= 4 is 29.8 Å². The number of urea groups is 1. The van der Waals surface area contributed by atoms with Gasteiger partial charge in [-0.2, -0.15) is 0 Å². The number of halogens is 1. The summed E-state index contributed by atoms with van der Waals surface area (Å²) in [5.74, 6) is -3.16. The van der Waals surface area contributed by atoms with Crippen LogP contribution in [0.5, 0.6) is 0 Å². The number of nitrogens with one attached hydrogen (secondary N) is 1. The molecule has 2 fully saturated rings. The van der Waals surface area contributed by atoms with E-state index in [1.54, 1.807) is 10.9 Å². The molecule has 3 N–H and O–H groups in total. The summed E-state index contributed by atoms with van der Waals surface area (Å²) < 4.78 is 14.0. The number of aromatic nitrogens is 3. The van der Waals surface area contributed by atoms with Crippen molar-refractivity contribution in [3.05, 3.63) is 41.7 Å². The molecule has 0 radical (unpaired) electrons. The number of carbonyl (C=O) groups is 5. The van der Waals surface area contributed by atoms with Crippen LogP contribution in [-0.2, 0) is 32.0 Å². The maximum Gasteiger partial charge on any atom is 0.327 e. The van der Waals surface area contributed by atoms with Crippen molar-refractivity contribution in [3.8, 4) is 5.69 Å². The zero-order valence-corrected chi connectivity index (χ0v) is 23.9. The van der Waals surface area contributed by atoms with E-state index >= 15 is 0 Å². The van der Waals surface area contributed by atoms with Crippen molar-refractivity contribution in [1.82, 2.24) is 30.1 Å². The fraction of sp³-hybridized carbons (Fsp3) is 0.552. The zero-order valence-electron chi connectivity index (χ0n) is 23.9. The van der Waals surface area contributed by atoms with E-state index in [-0.39, 0.29) is 24.9 Å². The summed E-state index contributed by atoms with van der Waals surface area (Å²) in [4.78, 5) is 63.0. The number of aryl methyl sites for hydroxylation is 2. The molecule has 0 aliphatic carbocycles. The third-order valence-electron chi connectivity index (χ3n) is 7.98. The third-order valence-corrected chi connectivity index (χ3v) is 7.98. The Morgan fingerprint density at radius 3 is 2.40 bits per heavy atom. The Labute approximate surface area is 248 Å². The quantitative estimate of drug-likeness (QED) is 0.259. The Balaban J connectivity index is 1.18. The van der Waals surface area contributed by atoms with E-state index in [0.717, 1.165) is 23.4 Å². The number of piperidine rings is 1. The molecule has 1 aromatic carbocycles. The van der Waals surface area contributed by atoms with Crippen LogP contribution in [0.1, 0.15) is 62.6 Å². The molecule has 2 saturated heterocycles. The summed E-state index contributed by atoms with van der Waals surface area (Å²) in [6, 6.07) is 4.62. The summed E-state index contributed by atoms with van der Waals surface area (Å²) in [6.45, 7) is 0.694.